The number of para-hydroxylation sites is 1. The number of nitrogens with zero attached hydrogens (tertiary/aromatic N) is 3. The molecule has 2 aromatic rings. The second-order valence-corrected chi connectivity index (χ2v) is 4.45. The van der Waals surface area contributed by atoms with Gasteiger partial charge < -0.3 is 16.4 Å². The van der Waals surface area contributed by atoms with Gasteiger partial charge >= 0.3 is 0 Å². The first-order valence-corrected chi connectivity index (χ1v) is 6.52. The van der Waals surface area contributed by atoms with Crippen LogP contribution in [0, 0.1) is 0 Å². The number of nitrogens with two attached hydrogens (primary N) is 1. The Kier molecular flexibility index (Phi) is 4.94. The van der Waals surface area contributed by atoms with Gasteiger partial charge in [-0.1, -0.05) is 18.2 Å². The first kappa shape index (κ1) is 15.1. The molecule has 1 aliphatic heterocycles. The number of nitrogen functional groups attached to an aromatic ring is 1. The van der Waals surface area contributed by atoms with Crippen LogP contribution in [-0.4, -0.2) is 35.4 Å². The maximum Gasteiger partial charge on any atom is 0.220 e. The van der Waals surface area contributed by atoms with E-state index in [1.54, 1.807) is 6.20 Å². The van der Waals surface area contributed by atoms with Crippen LogP contribution in [0.25, 0.3) is 11.3 Å². The molecule has 1 aliphatic rings. The molecule has 1 aromatic heterocycles. The van der Waals surface area contributed by atoms with Crippen LogP contribution >= 0.6 is 12.4 Å². The fourth-order valence-electron chi connectivity index (χ4n) is 2.13. The fourth-order valence-corrected chi connectivity index (χ4v) is 2.13. The highest BCUT2D eigenvalue weighted by Crippen LogP contribution is 2.26. The summed E-state index contributed by atoms with van der Waals surface area (Å²) >= 11 is 0. The second kappa shape index (κ2) is 6.90. The summed E-state index contributed by atoms with van der Waals surface area (Å²) in [5.74, 6) is 1.26. The molecule has 21 heavy (non-hydrogen) atoms. The third-order valence-corrected chi connectivity index (χ3v) is 3.07. The third-order valence-electron chi connectivity index (χ3n) is 3.07. The van der Waals surface area contributed by atoms with Crippen molar-refractivity contribution in [3.8, 4) is 11.3 Å². The van der Waals surface area contributed by atoms with Crippen molar-refractivity contribution in [2.45, 2.75) is 0 Å². The molecule has 6 nitrogen and oxygen atoms in total. The Labute approximate surface area is 129 Å². The van der Waals surface area contributed by atoms with Crippen LogP contribution in [0.15, 0.2) is 41.5 Å². The molecule has 0 aliphatic carbocycles. The summed E-state index contributed by atoms with van der Waals surface area (Å²) in [5, 5.41) is 6.62. The molecule has 0 bridgehead atoms. The Bertz CT molecular complexity index is 643. The topological polar surface area (TPSA) is 88.2 Å². The molecule has 0 spiro atoms. The number of amidine groups is 1. The number of halogens is 1. The minimum Gasteiger partial charge on any atom is -0.377 e. The molecule has 0 unspecified atom stereocenters. The Morgan fingerprint density at radius 2 is 2.10 bits per heavy atom. The number of nitrogens with one attached hydrogen (secondary N) is 2. The average molecular weight is 305 g/mol. The van der Waals surface area contributed by atoms with E-state index in [1.807, 2.05) is 30.3 Å². The van der Waals surface area contributed by atoms with E-state index in [4.69, 9.17) is 5.73 Å². The largest absolute Gasteiger partial charge is 0.377 e. The van der Waals surface area contributed by atoms with Crippen molar-refractivity contribution in [3.63, 3.8) is 0 Å². The van der Waals surface area contributed by atoms with Crippen LogP contribution in [0.2, 0.25) is 0 Å². The SMILES string of the molecule is Cl.Nc1nccc(-c2ccccc2NCC2=NCCN2)n1. The van der Waals surface area contributed by atoms with Crippen molar-refractivity contribution in [3.05, 3.63) is 36.5 Å². The molecular weight excluding hydrogens is 288 g/mol. The molecule has 2 heterocycles. The minimum absolute atomic E-state index is 0. The molecule has 0 saturated heterocycles. The van der Waals surface area contributed by atoms with Gasteiger partial charge in [0.2, 0.25) is 5.95 Å². The molecule has 0 amide bonds. The van der Waals surface area contributed by atoms with Crippen molar-refractivity contribution in [1.82, 2.24) is 15.3 Å². The van der Waals surface area contributed by atoms with Gasteiger partial charge in [0.15, 0.2) is 0 Å². The Hall–Kier alpha value is -2.34. The van der Waals surface area contributed by atoms with E-state index in [-0.39, 0.29) is 18.4 Å². The number of rotatable bonds is 4. The normalized spacial score (nSPS) is 13.0. The van der Waals surface area contributed by atoms with E-state index < -0.39 is 0 Å². The number of hydrogen-bond acceptors (Lipinski definition) is 6. The van der Waals surface area contributed by atoms with Gasteiger partial charge in [0.25, 0.3) is 0 Å². The van der Waals surface area contributed by atoms with E-state index in [1.165, 1.54) is 0 Å². The van der Waals surface area contributed by atoms with E-state index in [9.17, 15) is 0 Å². The van der Waals surface area contributed by atoms with Crippen LogP contribution in [0.3, 0.4) is 0 Å². The van der Waals surface area contributed by atoms with E-state index in [0.29, 0.717) is 6.54 Å². The zero-order chi connectivity index (χ0) is 13.8. The Morgan fingerprint density at radius 3 is 2.86 bits per heavy atom. The quantitative estimate of drug-likeness (QED) is 0.798. The zero-order valence-electron chi connectivity index (χ0n) is 11.4. The van der Waals surface area contributed by atoms with Gasteiger partial charge in [-0.15, -0.1) is 12.4 Å². The highest BCUT2D eigenvalue weighted by atomic mass is 35.5. The highest BCUT2D eigenvalue weighted by molar-refractivity contribution is 5.89. The maximum atomic E-state index is 5.65. The molecule has 0 atom stereocenters. The molecule has 0 radical (unpaired) electrons. The van der Waals surface area contributed by atoms with E-state index in [0.717, 1.165) is 35.9 Å². The summed E-state index contributed by atoms with van der Waals surface area (Å²) < 4.78 is 0. The molecule has 110 valence electrons. The minimum atomic E-state index is 0. The highest BCUT2D eigenvalue weighted by Gasteiger charge is 2.09. The summed E-state index contributed by atoms with van der Waals surface area (Å²) in [6.45, 7) is 2.44. The van der Waals surface area contributed by atoms with Gasteiger partial charge in [0, 0.05) is 24.0 Å². The summed E-state index contributed by atoms with van der Waals surface area (Å²) in [7, 11) is 0. The predicted molar refractivity (Wildman–Crippen MR) is 87.9 cm³/mol. The Morgan fingerprint density at radius 1 is 1.24 bits per heavy atom. The number of hydrogen-bond donors (Lipinski definition) is 3. The number of aromatic nitrogens is 2. The lowest BCUT2D eigenvalue weighted by Crippen LogP contribution is -2.26. The lowest BCUT2D eigenvalue weighted by molar-refractivity contribution is 0.956. The van der Waals surface area contributed by atoms with Crippen LogP contribution in [0.5, 0.6) is 0 Å². The van der Waals surface area contributed by atoms with Gasteiger partial charge in [-0.2, -0.15) is 0 Å². The average Bonchev–Trinajstić information content (AvgIpc) is 2.99. The first-order chi connectivity index (χ1) is 9.83. The van der Waals surface area contributed by atoms with Crippen molar-refractivity contribution in [1.29, 1.82) is 0 Å². The van der Waals surface area contributed by atoms with Gasteiger partial charge in [-0.05, 0) is 12.1 Å². The third kappa shape index (κ3) is 3.61. The van der Waals surface area contributed by atoms with Crippen molar-refractivity contribution in [2.24, 2.45) is 4.99 Å². The lowest BCUT2D eigenvalue weighted by atomic mass is 10.1. The van der Waals surface area contributed by atoms with E-state index >= 15 is 0 Å². The zero-order valence-corrected chi connectivity index (χ0v) is 12.2. The van der Waals surface area contributed by atoms with E-state index in [2.05, 4.69) is 25.6 Å². The molecule has 4 N–H and O–H groups in total. The molecular formula is C14H17ClN6. The first-order valence-electron chi connectivity index (χ1n) is 6.52. The van der Waals surface area contributed by atoms with Gasteiger partial charge in [-0.25, -0.2) is 9.97 Å². The lowest BCUT2D eigenvalue weighted by Gasteiger charge is -2.12. The van der Waals surface area contributed by atoms with Crippen LogP contribution in [0.1, 0.15) is 0 Å². The van der Waals surface area contributed by atoms with Gasteiger partial charge in [-0.3, -0.25) is 4.99 Å². The summed E-state index contributed by atoms with van der Waals surface area (Å²) in [4.78, 5) is 12.6. The number of anilines is 2. The summed E-state index contributed by atoms with van der Waals surface area (Å²) in [6.07, 6.45) is 1.66. The molecule has 1 aromatic carbocycles. The van der Waals surface area contributed by atoms with Crippen LogP contribution in [-0.2, 0) is 0 Å². The monoisotopic (exact) mass is 304 g/mol. The van der Waals surface area contributed by atoms with Gasteiger partial charge in [0.05, 0.1) is 18.8 Å². The smallest absolute Gasteiger partial charge is 0.220 e. The summed E-state index contributed by atoms with van der Waals surface area (Å²) in [5.41, 5.74) is 8.46. The fraction of sp³-hybridized carbons (Fsp3) is 0.214. The van der Waals surface area contributed by atoms with Crippen LogP contribution < -0.4 is 16.4 Å². The maximum absolute atomic E-state index is 5.65. The molecule has 3 rings (SSSR count). The molecule has 7 heteroatoms. The predicted octanol–water partition coefficient (Wildman–Crippen LogP) is 1.56. The second-order valence-electron chi connectivity index (χ2n) is 4.45. The summed E-state index contributed by atoms with van der Waals surface area (Å²) in [6, 6.07) is 9.84. The van der Waals surface area contributed by atoms with Gasteiger partial charge in [0.1, 0.15) is 5.84 Å². The van der Waals surface area contributed by atoms with Crippen molar-refractivity contribution < 1.29 is 0 Å². The number of aliphatic imine (C=N–C) groups is 1. The Balaban J connectivity index is 0.00000161. The molecule has 0 saturated carbocycles. The van der Waals surface area contributed by atoms with Crippen molar-refractivity contribution in [2.75, 3.05) is 30.7 Å². The number of benzene rings is 1. The van der Waals surface area contributed by atoms with Crippen molar-refractivity contribution >= 4 is 29.9 Å². The standard InChI is InChI=1S/C14H16N6.ClH/c15-14-18-6-5-12(20-14)10-3-1-2-4-11(10)19-9-13-16-7-8-17-13;/h1-6,19H,7-9H2,(H,16,17)(H2,15,18,20);1H. The van der Waals surface area contributed by atoms with Crippen LogP contribution in [0.4, 0.5) is 11.6 Å². The molecule has 0 fully saturated rings.